The van der Waals surface area contributed by atoms with Crippen molar-refractivity contribution < 1.29 is 24.2 Å². The van der Waals surface area contributed by atoms with Crippen LogP contribution in [-0.2, 0) is 27.2 Å². The summed E-state index contributed by atoms with van der Waals surface area (Å²) in [5.41, 5.74) is 1.30. The van der Waals surface area contributed by atoms with Crippen LogP contribution in [0.5, 0.6) is 0 Å². The molecule has 4 atom stereocenters. The summed E-state index contributed by atoms with van der Waals surface area (Å²) in [5.74, 6) is 0. The van der Waals surface area contributed by atoms with E-state index in [0.717, 1.165) is 30.5 Å². The second kappa shape index (κ2) is 14.4. The lowest BCUT2D eigenvalue weighted by molar-refractivity contribution is -0.386. The predicted molar refractivity (Wildman–Crippen MR) is 151 cm³/mol. The Hall–Kier alpha value is -3.72. The lowest BCUT2D eigenvalue weighted by atomic mass is 10.0. The van der Waals surface area contributed by atoms with Crippen molar-refractivity contribution in [1.29, 1.82) is 0 Å². The Morgan fingerprint density at radius 2 is 2.07 bits per heavy atom. The molecule has 14 heteroatoms. The van der Waals surface area contributed by atoms with E-state index in [0.29, 0.717) is 17.7 Å². The SMILES string of the molecule is CCCCCCc1cn(Cc2ccc([N+](=O)[O-])c(C(C)OCOC[C@H]3O[C@@H](n4cc(C)c(=O)[nH]c4=O)C[C@H]3O)c2)nn1. The van der Waals surface area contributed by atoms with Gasteiger partial charge in [-0.3, -0.25) is 24.5 Å². The average Bonchev–Trinajstić information content (AvgIpc) is 3.56. The molecule has 2 N–H and O–H groups in total. The van der Waals surface area contributed by atoms with Gasteiger partial charge in [0.15, 0.2) is 0 Å². The maximum Gasteiger partial charge on any atom is 0.330 e. The topological polar surface area (TPSA) is 177 Å². The molecule has 42 heavy (non-hydrogen) atoms. The lowest BCUT2D eigenvalue weighted by Crippen LogP contribution is -2.33. The molecule has 2 aromatic heterocycles. The molecule has 1 saturated heterocycles. The quantitative estimate of drug-likeness (QED) is 0.116. The molecule has 0 amide bonds. The zero-order valence-electron chi connectivity index (χ0n) is 24.1. The van der Waals surface area contributed by atoms with Crippen LogP contribution in [0, 0.1) is 17.0 Å². The molecule has 0 saturated carbocycles. The first-order valence-electron chi connectivity index (χ1n) is 14.2. The van der Waals surface area contributed by atoms with E-state index in [1.54, 1.807) is 30.7 Å². The summed E-state index contributed by atoms with van der Waals surface area (Å²) in [7, 11) is 0. The van der Waals surface area contributed by atoms with Crippen molar-refractivity contribution in [2.75, 3.05) is 13.4 Å². The molecule has 0 bridgehead atoms. The van der Waals surface area contributed by atoms with Gasteiger partial charge in [0.05, 0.1) is 41.5 Å². The summed E-state index contributed by atoms with van der Waals surface area (Å²) in [6, 6.07) is 4.87. The van der Waals surface area contributed by atoms with Crippen LogP contribution >= 0.6 is 0 Å². The number of aryl methyl sites for hydroxylation is 2. The molecule has 1 fully saturated rings. The number of unbranched alkanes of at least 4 members (excludes halogenated alkanes) is 3. The fourth-order valence-corrected chi connectivity index (χ4v) is 4.88. The molecule has 3 aromatic rings. The summed E-state index contributed by atoms with van der Waals surface area (Å²) in [5, 5.41) is 30.6. The molecule has 1 aromatic carbocycles. The zero-order valence-corrected chi connectivity index (χ0v) is 24.1. The molecule has 0 aliphatic carbocycles. The van der Waals surface area contributed by atoms with Gasteiger partial charge in [-0.15, -0.1) is 5.10 Å². The summed E-state index contributed by atoms with van der Waals surface area (Å²) < 4.78 is 20.1. The Bertz CT molecular complexity index is 1470. The van der Waals surface area contributed by atoms with Gasteiger partial charge in [0.1, 0.15) is 19.1 Å². The van der Waals surface area contributed by atoms with E-state index < -0.39 is 40.7 Å². The first kappa shape index (κ1) is 31.2. The van der Waals surface area contributed by atoms with Crippen molar-refractivity contribution in [3.05, 3.63) is 83.9 Å². The summed E-state index contributed by atoms with van der Waals surface area (Å²) in [4.78, 5) is 37.3. The highest BCUT2D eigenvalue weighted by Crippen LogP contribution is 2.30. The lowest BCUT2D eigenvalue weighted by Gasteiger charge is -2.18. The van der Waals surface area contributed by atoms with Crippen LogP contribution < -0.4 is 11.2 Å². The highest BCUT2D eigenvalue weighted by molar-refractivity contribution is 5.44. The Morgan fingerprint density at radius 3 is 2.83 bits per heavy atom. The average molecular weight is 587 g/mol. The molecule has 1 aliphatic heterocycles. The van der Waals surface area contributed by atoms with Crippen molar-refractivity contribution in [3.8, 4) is 0 Å². The van der Waals surface area contributed by atoms with Crippen molar-refractivity contribution >= 4 is 5.69 Å². The highest BCUT2D eigenvalue weighted by atomic mass is 16.7. The third-order valence-electron chi connectivity index (χ3n) is 7.29. The Labute approximate surface area is 242 Å². The van der Waals surface area contributed by atoms with Crippen LogP contribution in [0.3, 0.4) is 0 Å². The molecule has 14 nitrogen and oxygen atoms in total. The third kappa shape index (κ3) is 7.97. The Kier molecular flexibility index (Phi) is 10.7. The standard InChI is InChI=1S/C28H38N6O8/c1-4-5-6-7-8-21-15-32(31-30-21)14-20-9-10-23(34(38)39)22(11-20)19(3)41-17-40-16-25-24(35)12-26(42-25)33-13-18(2)27(36)29-28(33)37/h9-11,13,15,19,24-26,35H,4-8,12,14,16-17H2,1-3H3,(H,29,36,37)/t19?,24-,25-,26-/m1/s1. The number of nitrogens with one attached hydrogen (secondary N) is 1. The minimum Gasteiger partial charge on any atom is -0.390 e. The van der Waals surface area contributed by atoms with Gasteiger partial charge in [-0.05, 0) is 38.3 Å². The minimum absolute atomic E-state index is 0.0311. The van der Waals surface area contributed by atoms with Crippen LogP contribution in [-0.4, -0.2) is 60.2 Å². The fraction of sp³-hybridized carbons (Fsp3) is 0.571. The van der Waals surface area contributed by atoms with E-state index in [2.05, 4.69) is 22.2 Å². The summed E-state index contributed by atoms with van der Waals surface area (Å²) in [6.07, 6.45) is 5.83. The number of rotatable bonds is 15. The highest BCUT2D eigenvalue weighted by Gasteiger charge is 2.35. The molecular formula is C28H38N6O8. The van der Waals surface area contributed by atoms with E-state index in [1.807, 2.05) is 6.20 Å². The molecule has 228 valence electrons. The normalized spacial score (nSPS) is 19.3. The third-order valence-corrected chi connectivity index (χ3v) is 7.29. The molecule has 1 unspecified atom stereocenters. The Morgan fingerprint density at radius 1 is 1.26 bits per heavy atom. The summed E-state index contributed by atoms with van der Waals surface area (Å²) in [6.45, 7) is 5.61. The molecule has 0 radical (unpaired) electrons. The number of aromatic nitrogens is 5. The van der Waals surface area contributed by atoms with Gasteiger partial charge in [0.25, 0.3) is 11.2 Å². The predicted octanol–water partition coefficient (Wildman–Crippen LogP) is 2.92. The van der Waals surface area contributed by atoms with E-state index in [-0.39, 0.29) is 25.5 Å². The van der Waals surface area contributed by atoms with E-state index in [1.165, 1.54) is 29.7 Å². The van der Waals surface area contributed by atoms with Crippen LogP contribution in [0.2, 0.25) is 0 Å². The van der Waals surface area contributed by atoms with Gasteiger partial charge in [0, 0.05) is 30.4 Å². The van der Waals surface area contributed by atoms with Gasteiger partial charge in [-0.25, -0.2) is 9.48 Å². The van der Waals surface area contributed by atoms with Crippen molar-refractivity contribution in [1.82, 2.24) is 24.5 Å². The van der Waals surface area contributed by atoms with Gasteiger partial charge < -0.3 is 19.3 Å². The number of H-pyrrole nitrogens is 1. The molecule has 4 rings (SSSR count). The van der Waals surface area contributed by atoms with Gasteiger partial charge in [-0.2, -0.15) is 0 Å². The van der Waals surface area contributed by atoms with Crippen LogP contribution in [0.4, 0.5) is 5.69 Å². The van der Waals surface area contributed by atoms with Crippen molar-refractivity contribution in [2.45, 2.75) is 90.4 Å². The largest absolute Gasteiger partial charge is 0.390 e. The molecule has 1 aliphatic rings. The molecular weight excluding hydrogens is 548 g/mol. The van der Waals surface area contributed by atoms with Crippen LogP contribution in [0.15, 0.2) is 40.2 Å². The number of nitrogens with zero attached hydrogens (tertiary/aromatic N) is 5. The van der Waals surface area contributed by atoms with Crippen molar-refractivity contribution in [2.24, 2.45) is 0 Å². The van der Waals surface area contributed by atoms with Crippen LogP contribution in [0.1, 0.15) is 80.7 Å². The number of hydrogen-bond acceptors (Lipinski definition) is 10. The number of nitro groups is 1. The molecule has 0 spiro atoms. The minimum atomic E-state index is -0.905. The second-order valence-corrected chi connectivity index (χ2v) is 10.6. The van der Waals surface area contributed by atoms with Crippen molar-refractivity contribution in [3.63, 3.8) is 0 Å². The first-order valence-corrected chi connectivity index (χ1v) is 14.2. The summed E-state index contributed by atoms with van der Waals surface area (Å²) >= 11 is 0. The number of nitro benzene ring substituents is 1. The fourth-order valence-electron chi connectivity index (χ4n) is 4.88. The van der Waals surface area contributed by atoms with E-state index in [9.17, 15) is 24.8 Å². The maximum absolute atomic E-state index is 12.2. The number of benzene rings is 1. The number of aromatic amines is 1. The smallest absolute Gasteiger partial charge is 0.330 e. The molecule has 3 heterocycles. The van der Waals surface area contributed by atoms with E-state index in [4.69, 9.17) is 14.2 Å². The number of ether oxygens (including phenoxy) is 3. The number of aliphatic hydroxyl groups is 1. The number of hydrogen-bond donors (Lipinski definition) is 2. The zero-order chi connectivity index (χ0) is 30.2. The second-order valence-electron chi connectivity index (χ2n) is 10.6. The number of aliphatic hydroxyl groups excluding tert-OH is 1. The monoisotopic (exact) mass is 586 g/mol. The first-order chi connectivity index (χ1) is 20.2. The van der Waals surface area contributed by atoms with Gasteiger partial charge in [0.2, 0.25) is 0 Å². The van der Waals surface area contributed by atoms with Gasteiger partial charge >= 0.3 is 5.69 Å². The maximum atomic E-state index is 12.2. The Balaban J connectivity index is 1.31. The van der Waals surface area contributed by atoms with Gasteiger partial charge in [-0.1, -0.05) is 37.5 Å². The van der Waals surface area contributed by atoms with E-state index >= 15 is 0 Å². The van der Waals surface area contributed by atoms with Crippen LogP contribution in [0.25, 0.3) is 0 Å².